The van der Waals surface area contributed by atoms with E-state index in [0.717, 1.165) is 11.1 Å². The lowest BCUT2D eigenvalue weighted by Gasteiger charge is -2.10. The molecule has 7 nitrogen and oxygen atoms in total. The van der Waals surface area contributed by atoms with Crippen molar-refractivity contribution in [3.8, 4) is 11.7 Å². The van der Waals surface area contributed by atoms with Gasteiger partial charge in [-0.3, -0.25) is 0 Å². The number of aryl methyl sites for hydroxylation is 1. The van der Waals surface area contributed by atoms with Crippen molar-refractivity contribution in [2.75, 3.05) is 7.11 Å². The maximum absolute atomic E-state index is 12.8. The molecule has 8 heteroatoms. The Hall–Kier alpha value is -3.42. The average molecular weight is 384 g/mol. The zero-order chi connectivity index (χ0) is 20.1. The number of nitrogens with zero attached hydrogens (tertiary/aromatic N) is 4. The van der Waals surface area contributed by atoms with Gasteiger partial charge in [-0.2, -0.15) is 0 Å². The molecule has 3 rings (SSSR count). The molecule has 2 aromatic carbocycles. The summed E-state index contributed by atoms with van der Waals surface area (Å²) in [5.41, 5.74) is 3.01. The molecule has 0 bridgehead atoms. The summed E-state index contributed by atoms with van der Waals surface area (Å²) in [4.78, 5) is 17.9. The zero-order valence-electron chi connectivity index (χ0n) is 15.9. The highest BCUT2D eigenvalue weighted by Crippen LogP contribution is 2.19. The molecule has 0 radical (unpaired) electrons. The van der Waals surface area contributed by atoms with E-state index in [9.17, 15) is 9.18 Å². The van der Waals surface area contributed by atoms with Crippen molar-refractivity contribution in [3.63, 3.8) is 0 Å². The summed E-state index contributed by atoms with van der Waals surface area (Å²) in [5.74, 6) is 0. The Kier molecular flexibility index (Phi) is 5.88. The van der Waals surface area contributed by atoms with Crippen molar-refractivity contribution in [2.45, 2.75) is 20.2 Å². The lowest BCUT2D eigenvalue weighted by Crippen LogP contribution is -2.22. The Morgan fingerprint density at radius 3 is 2.75 bits per heavy atom. The largest absolute Gasteiger partial charge is 0.467 e. The van der Waals surface area contributed by atoms with Crippen molar-refractivity contribution in [1.82, 2.24) is 14.3 Å². The van der Waals surface area contributed by atoms with E-state index in [4.69, 9.17) is 9.57 Å². The van der Waals surface area contributed by atoms with Crippen LogP contribution in [0.25, 0.3) is 5.69 Å². The number of para-hydroxylation sites is 1. The molecule has 0 aliphatic rings. The van der Waals surface area contributed by atoms with Crippen molar-refractivity contribution in [3.05, 3.63) is 75.7 Å². The summed E-state index contributed by atoms with van der Waals surface area (Å²) in [6.07, 6.45) is 0. The topological polar surface area (TPSA) is 70.6 Å². The quantitative estimate of drug-likeness (QED) is 0.464. The second-order valence-corrected chi connectivity index (χ2v) is 6.14. The van der Waals surface area contributed by atoms with E-state index in [-0.39, 0.29) is 18.3 Å². The van der Waals surface area contributed by atoms with Gasteiger partial charge in [0.15, 0.2) is 0 Å². The minimum Gasteiger partial charge on any atom is -0.467 e. The van der Waals surface area contributed by atoms with Crippen molar-refractivity contribution < 1.29 is 14.0 Å². The van der Waals surface area contributed by atoms with Crippen LogP contribution in [0.1, 0.15) is 23.6 Å². The van der Waals surface area contributed by atoms with E-state index in [1.807, 2.05) is 24.3 Å². The predicted molar refractivity (Wildman–Crippen MR) is 104 cm³/mol. The zero-order valence-corrected chi connectivity index (χ0v) is 15.9. The number of benzene rings is 2. The number of rotatable bonds is 7. The number of methoxy groups -OCH3 is 1. The molecule has 3 aromatic rings. The fraction of sp³-hybridized carbons (Fsp3) is 0.250. The van der Waals surface area contributed by atoms with Crippen LogP contribution in [0.2, 0.25) is 0 Å². The van der Waals surface area contributed by atoms with Gasteiger partial charge in [0.25, 0.3) is 0 Å². The lowest BCUT2D eigenvalue weighted by atomic mass is 10.1. The van der Waals surface area contributed by atoms with E-state index in [2.05, 4.69) is 10.3 Å². The number of oxime groups is 1. The molecule has 0 unspecified atom stereocenters. The Morgan fingerprint density at radius 2 is 2.00 bits per heavy atom. The molecular formula is C20H21FN4O3. The Morgan fingerprint density at radius 1 is 1.21 bits per heavy atom. The molecular weight excluding hydrogens is 363 g/mol. The first-order valence-electron chi connectivity index (χ1n) is 8.65. The Bertz CT molecular complexity index is 1060. The molecule has 28 heavy (non-hydrogen) atoms. The van der Waals surface area contributed by atoms with E-state index < -0.39 is 6.67 Å². The van der Waals surface area contributed by atoms with E-state index >= 15 is 0 Å². The minimum atomic E-state index is -0.531. The summed E-state index contributed by atoms with van der Waals surface area (Å²) >= 11 is 0. The van der Waals surface area contributed by atoms with Crippen LogP contribution in [0.4, 0.5) is 4.39 Å². The third-order valence-corrected chi connectivity index (χ3v) is 4.23. The predicted octanol–water partition coefficient (Wildman–Crippen LogP) is 2.99. The summed E-state index contributed by atoms with van der Waals surface area (Å²) in [6.45, 7) is 1.40. The third-order valence-electron chi connectivity index (χ3n) is 4.23. The molecule has 146 valence electrons. The summed E-state index contributed by atoms with van der Waals surface area (Å²) in [5, 5.41) is 8.18. The molecule has 0 spiro atoms. The lowest BCUT2D eigenvalue weighted by molar-refractivity contribution is 0.130. The normalized spacial score (nSPS) is 11.5. The number of hydrogen-bond acceptors (Lipinski definition) is 5. The second kappa shape index (κ2) is 8.51. The van der Waals surface area contributed by atoms with Crippen LogP contribution in [0.15, 0.2) is 58.5 Å². The fourth-order valence-corrected chi connectivity index (χ4v) is 2.76. The van der Waals surface area contributed by atoms with Gasteiger partial charge in [-0.05, 0) is 30.2 Å². The second-order valence-electron chi connectivity index (χ2n) is 6.14. The molecule has 0 aliphatic carbocycles. The summed E-state index contributed by atoms with van der Waals surface area (Å²) < 4.78 is 20.6. The molecule has 1 heterocycles. The van der Waals surface area contributed by atoms with E-state index in [1.165, 1.54) is 16.4 Å². The van der Waals surface area contributed by atoms with E-state index in [1.54, 1.807) is 38.2 Å². The van der Waals surface area contributed by atoms with Crippen molar-refractivity contribution >= 4 is 5.71 Å². The smallest absolute Gasteiger partial charge is 0.353 e. The summed E-state index contributed by atoms with van der Waals surface area (Å²) in [6, 6.07) is 14.5. The van der Waals surface area contributed by atoms with Crippen molar-refractivity contribution in [1.29, 1.82) is 0 Å². The van der Waals surface area contributed by atoms with Crippen LogP contribution in [0, 0.1) is 0 Å². The number of alkyl halides is 1. The van der Waals surface area contributed by atoms with Gasteiger partial charge < -0.3 is 9.57 Å². The maximum atomic E-state index is 12.8. The maximum Gasteiger partial charge on any atom is 0.353 e. The molecule has 0 saturated heterocycles. The SMILES string of the molecule is COc1nn(C)c(=O)n1-c1ccccc1CON=C(C)c1cccc(CF)c1. The van der Waals surface area contributed by atoms with Crippen LogP contribution < -0.4 is 10.4 Å². The third kappa shape index (κ3) is 3.95. The van der Waals surface area contributed by atoms with Gasteiger partial charge in [-0.1, -0.05) is 41.6 Å². The van der Waals surface area contributed by atoms with Gasteiger partial charge in [0.05, 0.1) is 18.5 Å². The van der Waals surface area contributed by atoms with Gasteiger partial charge in [0, 0.05) is 12.6 Å². The highest BCUT2D eigenvalue weighted by atomic mass is 19.1. The first kappa shape index (κ1) is 19.3. The van der Waals surface area contributed by atoms with Gasteiger partial charge in [-0.15, -0.1) is 5.10 Å². The minimum absolute atomic E-state index is 0.140. The van der Waals surface area contributed by atoms with Gasteiger partial charge in [0.2, 0.25) is 0 Å². The highest BCUT2D eigenvalue weighted by molar-refractivity contribution is 5.98. The van der Waals surface area contributed by atoms with Crippen LogP contribution >= 0.6 is 0 Å². The van der Waals surface area contributed by atoms with Crippen molar-refractivity contribution in [2.24, 2.45) is 12.2 Å². The average Bonchev–Trinajstić information content (AvgIpc) is 3.02. The molecule has 0 saturated carbocycles. The molecule has 0 aliphatic heterocycles. The summed E-state index contributed by atoms with van der Waals surface area (Å²) in [7, 11) is 3.01. The van der Waals surface area contributed by atoms with Gasteiger partial charge >= 0.3 is 11.7 Å². The Balaban J connectivity index is 1.84. The highest BCUT2D eigenvalue weighted by Gasteiger charge is 2.16. The van der Waals surface area contributed by atoms with Gasteiger partial charge in [-0.25, -0.2) is 18.4 Å². The van der Waals surface area contributed by atoms with Crippen LogP contribution in [0.3, 0.4) is 0 Å². The van der Waals surface area contributed by atoms with Crippen LogP contribution in [0.5, 0.6) is 6.01 Å². The Labute approximate surface area is 161 Å². The number of aromatic nitrogens is 3. The monoisotopic (exact) mass is 384 g/mol. The first-order valence-corrected chi connectivity index (χ1v) is 8.65. The van der Waals surface area contributed by atoms with Gasteiger partial charge in [0.1, 0.15) is 13.3 Å². The van der Waals surface area contributed by atoms with E-state index in [0.29, 0.717) is 17.0 Å². The first-order chi connectivity index (χ1) is 13.5. The fourth-order valence-electron chi connectivity index (χ4n) is 2.76. The number of halogens is 1. The number of hydrogen-bond donors (Lipinski definition) is 0. The molecule has 0 N–H and O–H groups in total. The molecule has 0 fully saturated rings. The number of ether oxygens (including phenoxy) is 1. The standard InChI is InChI=1S/C20H21FN4O3/c1-14(16-9-6-7-15(11-16)12-21)23-28-13-17-8-4-5-10-18(17)25-19(27-3)22-24(2)20(25)26/h4-11H,12-13H2,1-3H3. The molecule has 0 atom stereocenters. The molecule has 0 amide bonds. The molecule has 1 aromatic heterocycles. The van der Waals surface area contributed by atoms with Crippen LogP contribution in [-0.4, -0.2) is 27.2 Å². The van der Waals surface area contributed by atoms with Crippen LogP contribution in [-0.2, 0) is 25.2 Å².